The van der Waals surface area contributed by atoms with Crippen LogP contribution in [0.4, 0.5) is 4.39 Å². The first-order chi connectivity index (χ1) is 10.0. The molecule has 21 heavy (non-hydrogen) atoms. The molecular weight excluding hydrogens is 337 g/mol. The van der Waals surface area contributed by atoms with Crippen LogP contribution in [0.2, 0.25) is 0 Å². The van der Waals surface area contributed by atoms with Gasteiger partial charge in [0.25, 0.3) is 0 Å². The molecule has 5 heteroatoms. The predicted molar refractivity (Wildman–Crippen MR) is 84.0 cm³/mol. The SMILES string of the molecule is COc1cc(C(C)N)ccc1OCc1cc(Br)ccc1F. The maximum atomic E-state index is 13.7. The fraction of sp³-hybridized carbons (Fsp3) is 0.250. The zero-order chi connectivity index (χ0) is 15.4. The summed E-state index contributed by atoms with van der Waals surface area (Å²) >= 11 is 3.32. The molecule has 0 radical (unpaired) electrons. The lowest BCUT2D eigenvalue weighted by Crippen LogP contribution is -2.06. The molecule has 2 aromatic rings. The van der Waals surface area contributed by atoms with Crippen LogP contribution in [0.25, 0.3) is 0 Å². The van der Waals surface area contributed by atoms with Crippen LogP contribution < -0.4 is 15.2 Å². The number of nitrogens with two attached hydrogens (primary N) is 1. The van der Waals surface area contributed by atoms with Crippen molar-refractivity contribution in [3.63, 3.8) is 0 Å². The molecule has 0 spiro atoms. The van der Waals surface area contributed by atoms with Gasteiger partial charge in [0.2, 0.25) is 0 Å². The Hall–Kier alpha value is -1.59. The zero-order valence-corrected chi connectivity index (χ0v) is 13.5. The van der Waals surface area contributed by atoms with Gasteiger partial charge < -0.3 is 15.2 Å². The van der Waals surface area contributed by atoms with E-state index in [-0.39, 0.29) is 18.5 Å². The number of benzene rings is 2. The maximum absolute atomic E-state index is 13.7. The Kier molecular flexibility index (Phi) is 5.20. The summed E-state index contributed by atoms with van der Waals surface area (Å²) in [6, 6.07) is 10.1. The van der Waals surface area contributed by atoms with Gasteiger partial charge >= 0.3 is 0 Å². The highest BCUT2D eigenvalue weighted by Gasteiger charge is 2.10. The first-order valence-electron chi connectivity index (χ1n) is 6.51. The summed E-state index contributed by atoms with van der Waals surface area (Å²) in [4.78, 5) is 0. The van der Waals surface area contributed by atoms with Crippen molar-refractivity contribution in [2.75, 3.05) is 7.11 Å². The third-order valence-corrected chi connectivity index (χ3v) is 3.60. The van der Waals surface area contributed by atoms with E-state index in [9.17, 15) is 4.39 Å². The van der Waals surface area contributed by atoms with Gasteiger partial charge in [-0.05, 0) is 42.8 Å². The van der Waals surface area contributed by atoms with E-state index in [4.69, 9.17) is 15.2 Å². The topological polar surface area (TPSA) is 44.5 Å². The van der Waals surface area contributed by atoms with Gasteiger partial charge in [0.1, 0.15) is 12.4 Å². The van der Waals surface area contributed by atoms with Crippen LogP contribution in [-0.2, 0) is 6.61 Å². The number of rotatable bonds is 5. The first kappa shape index (κ1) is 15.8. The fourth-order valence-corrected chi connectivity index (χ4v) is 2.30. The van der Waals surface area contributed by atoms with Crippen molar-refractivity contribution in [2.24, 2.45) is 5.73 Å². The number of ether oxygens (including phenoxy) is 2. The molecule has 1 unspecified atom stereocenters. The Morgan fingerprint density at radius 2 is 1.95 bits per heavy atom. The highest BCUT2D eigenvalue weighted by atomic mass is 79.9. The normalized spacial score (nSPS) is 12.0. The van der Waals surface area contributed by atoms with Crippen LogP contribution in [0.1, 0.15) is 24.1 Å². The molecule has 0 bridgehead atoms. The Morgan fingerprint density at radius 1 is 1.19 bits per heavy atom. The summed E-state index contributed by atoms with van der Waals surface area (Å²) in [6.45, 7) is 2.02. The van der Waals surface area contributed by atoms with Crippen LogP contribution >= 0.6 is 15.9 Å². The number of hydrogen-bond acceptors (Lipinski definition) is 3. The lowest BCUT2D eigenvalue weighted by Gasteiger charge is -2.14. The van der Waals surface area contributed by atoms with Gasteiger partial charge in [-0.1, -0.05) is 22.0 Å². The third kappa shape index (κ3) is 3.95. The summed E-state index contributed by atoms with van der Waals surface area (Å²) in [5.74, 6) is 0.839. The van der Waals surface area contributed by atoms with Gasteiger partial charge in [-0.15, -0.1) is 0 Å². The molecule has 3 nitrogen and oxygen atoms in total. The summed E-state index contributed by atoms with van der Waals surface area (Å²) < 4.78 is 25.4. The minimum Gasteiger partial charge on any atom is -0.493 e. The van der Waals surface area contributed by atoms with Gasteiger partial charge in [0.15, 0.2) is 11.5 Å². The average Bonchev–Trinajstić information content (AvgIpc) is 2.47. The van der Waals surface area contributed by atoms with Crippen LogP contribution in [-0.4, -0.2) is 7.11 Å². The van der Waals surface area contributed by atoms with Crippen LogP contribution in [0.15, 0.2) is 40.9 Å². The predicted octanol–water partition coefficient (Wildman–Crippen LogP) is 4.20. The molecule has 0 aliphatic heterocycles. The van der Waals surface area contributed by atoms with E-state index < -0.39 is 0 Å². The molecule has 2 N–H and O–H groups in total. The quantitative estimate of drug-likeness (QED) is 0.876. The Labute approximate surface area is 132 Å². The molecule has 0 fully saturated rings. The molecule has 2 aromatic carbocycles. The summed E-state index contributed by atoms with van der Waals surface area (Å²) in [7, 11) is 1.56. The van der Waals surface area contributed by atoms with Crippen molar-refractivity contribution in [3.05, 3.63) is 57.8 Å². The van der Waals surface area contributed by atoms with E-state index in [1.165, 1.54) is 6.07 Å². The lowest BCUT2D eigenvalue weighted by molar-refractivity contribution is 0.279. The second-order valence-corrected chi connectivity index (χ2v) is 5.64. The van der Waals surface area contributed by atoms with E-state index >= 15 is 0 Å². The maximum Gasteiger partial charge on any atom is 0.161 e. The summed E-state index contributed by atoms with van der Waals surface area (Å²) in [5, 5.41) is 0. The minimum atomic E-state index is -0.302. The van der Waals surface area contributed by atoms with Crippen LogP contribution in [0.3, 0.4) is 0 Å². The molecule has 0 aromatic heterocycles. The smallest absolute Gasteiger partial charge is 0.161 e. The molecule has 0 heterocycles. The summed E-state index contributed by atoms with van der Waals surface area (Å²) in [5.41, 5.74) is 7.26. The van der Waals surface area contributed by atoms with E-state index in [1.807, 2.05) is 19.1 Å². The van der Waals surface area contributed by atoms with E-state index in [2.05, 4.69) is 15.9 Å². The van der Waals surface area contributed by atoms with Crippen LogP contribution in [0, 0.1) is 5.82 Å². The molecule has 0 saturated carbocycles. The van der Waals surface area contributed by atoms with Crippen LogP contribution in [0.5, 0.6) is 11.5 Å². The molecule has 112 valence electrons. The molecule has 0 amide bonds. The number of hydrogen-bond donors (Lipinski definition) is 1. The molecule has 1 atom stereocenters. The molecule has 0 aliphatic carbocycles. The largest absolute Gasteiger partial charge is 0.493 e. The van der Waals surface area contributed by atoms with Gasteiger partial charge in [0, 0.05) is 16.1 Å². The van der Waals surface area contributed by atoms with Gasteiger partial charge in [-0.2, -0.15) is 0 Å². The first-order valence-corrected chi connectivity index (χ1v) is 7.31. The molecular formula is C16H17BrFNO2. The van der Waals surface area contributed by atoms with Crippen molar-refractivity contribution >= 4 is 15.9 Å². The second-order valence-electron chi connectivity index (χ2n) is 4.72. The Bertz CT molecular complexity index is 632. The van der Waals surface area contributed by atoms with Gasteiger partial charge in [-0.3, -0.25) is 0 Å². The Balaban J connectivity index is 2.18. The lowest BCUT2D eigenvalue weighted by atomic mass is 10.1. The molecule has 0 saturated heterocycles. The minimum absolute atomic E-state index is 0.0875. The van der Waals surface area contributed by atoms with E-state index in [0.717, 1.165) is 10.0 Å². The number of methoxy groups -OCH3 is 1. The van der Waals surface area contributed by atoms with Crippen molar-refractivity contribution in [2.45, 2.75) is 19.6 Å². The second kappa shape index (κ2) is 6.91. The zero-order valence-electron chi connectivity index (χ0n) is 11.9. The monoisotopic (exact) mass is 353 g/mol. The highest BCUT2D eigenvalue weighted by molar-refractivity contribution is 9.10. The van der Waals surface area contributed by atoms with Crippen molar-refractivity contribution in [1.82, 2.24) is 0 Å². The standard InChI is InChI=1S/C16H17BrFNO2/c1-10(19)11-3-6-15(16(8-11)20-2)21-9-12-7-13(17)4-5-14(12)18/h3-8,10H,9,19H2,1-2H3. The molecule has 0 aliphatic rings. The van der Waals surface area contributed by atoms with Crippen molar-refractivity contribution < 1.29 is 13.9 Å². The van der Waals surface area contributed by atoms with Gasteiger partial charge in [0.05, 0.1) is 7.11 Å². The Morgan fingerprint density at radius 3 is 2.62 bits per heavy atom. The van der Waals surface area contributed by atoms with E-state index in [0.29, 0.717) is 17.1 Å². The number of halogens is 2. The highest BCUT2D eigenvalue weighted by Crippen LogP contribution is 2.30. The molecule has 2 rings (SSSR count). The average molecular weight is 354 g/mol. The third-order valence-electron chi connectivity index (χ3n) is 3.10. The van der Waals surface area contributed by atoms with Crippen molar-refractivity contribution in [3.8, 4) is 11.5 Å². The van der Waals surface area contributed by atoms with E-state index in [1.54, 1.807) is 25.3 Å². The van der Waals surface area contributed by atoms with Crippen molar-refractivity contribution in [1.29, 1.82) is 0 Å². The summed E-state index contributed by atoms with van der Waals surface area (Å²) in [6.07, 6.45) is 0. The van der Waals surface area contributed by atoms with Gasteiger partial charge in [-0.25, -0.2) is 4.39 Å². The fourth-order valence-electron chi connectivity index (χ4n) is 1.90.